The fourth-order valence-corrected chi connectivity index (χ4v) is 4.40. The van der Waals surface area contributed by atoms with E-state index in [1.54, 1.807) is 6.20 Å². The van der Waals surface area contributed by atoms with Crippen LogP contribution in [0, 0.1) is 5.82 Å². The fraction of sp³-hybridized carbons (Fsp3) is 0.417. The number of hydrogen-bond acceptors (Lipinski definition) is 5. The van der Waals surface area contributed by atoms with Gasteiger partial charge in [-0.3, -0.25) is 5.10 Å². The number of aliphatic hydroxyl groups excluding tert-OH is 1. The van der Waals surface area contributed by atoms with Crippen LogP contribution in [0.25, 0.3) is 10.9 Å². The van der Waals surface area contributed by atoms with Crippen molar-refractivity contribution < 1.29 is 37.3 Å². The number of rotatable bonds is 6. The van der Waals surface area contributed by atoms with Gasteiger partial charge in [0.25, 0.3) is 0 Å². The van der Waals surface area contributed by atoms with Crippen molar-refractivity contribution in [2.24, 2.45) is 0 Å². The summed E-state index contributed by atoms with van der Waals surface area (Å²) in [6.07, 6.45) is -2.10. The predicted molar refractivity (Wildman–Crippen MR) is 125 cm³/mol. The predicted octanol–water partition coefficient (Wildman–Crippen LogP) is 4.70. The minimum absolute atomic E-state index is 0.173. The highest BCUT2D eigenvalue weighted by molar-refractivity contribution is 6.31. The van der Waals surface area contributed by atoms with E-state index in [1.807, 2.05) is 24.3 Å². The van der Waals surface area contributed by atoms with Gasteiger partial charge in [-0.15, -0.1) is 0 Å². The van der Waals surface area contributed by atoms with Crippen LogP contribution >= 0.6 is 11.6 Å². The Kier molecular flexibility index (Phi) is 8.93. The molecule has 1 aliphatic rings. The van der Waals surface area contributed by atoms with Gasteiger partial charge in [0, 0.05) is 21.4 Å². The molecule has 0 bridgehead atoms. The minimum Gasteiger partial charge on any atom is -0.475 e. The second-order valence-corrected chi connectivity index (χ2v) is 9.14. The maximum absolute atomic E-state index is 13.5. The Balaban J connectivity index is 0.000000454. The second kappa shape index (κ2) is 11.5. The number of carboxylic acid groups (broad SMARTS) is 1. The lowest BCUT2D eigenvalue weighted by Gasteiger charge is -2.41. The molecule has 12 heteroatoms. The number of benzene rings is 2. The summed E-state index contributed by atoms with van der Waals surface area (Å²) in [6.45, 7) is 2.13. The molecular formula is C24H26ClF4N3O4. The first-order chi connectivity index (χ1) is 16.9. The molecule has 0 saturated carbocycles. The summed E-state index contributed by atoms with van der Waals surface area (Å²) < 4.78 is 51.5. The topological polar surface area (TPSA) is 98.7 Å². The number of aromatic amines is 1. The van der Waals surface area contributed by atoms with E-state index in [4.69, 9.17) is 26.2 Å². The number of halogens is 5. The van der Waals surface area contributed by atoms with Crippen molar-refractivity contribution in [1.82, 2.24) is 15.1 Å². The quantitative estimate of drug-likeness (QED) is 0.399. The van der Waals surface area contributed by atoms with Gasteiger partial charge >= 0.3 is 12.1 Å². The lowest BCUT2D eigenvalue weighted by Crippen LogP contribution is -2.44. The summed E-state index contributed by atoms with van der Waals surface area (Å²) in [7, 11) is 2.10. The van der Waals surface area contributed by atoms with E-state index < -0.39 is 18.2 Å². The summed E-state index contributed by atoms with van der Waals surface area (Å²) in [5, 5.41) is 25.7. The number of ether oxygens (including phenoxy) is 1. The Hall–Kier alpha value is -2.73. The van der Waals surface area contributed by atoms with Crippen molar-refractivity contribution in [1.29, 1.82) is 0 Å². The first-order valence-corrected chi connectivity index (χ1v) is 11.4. The number of H-pyrrole nitrogens is 1. The van der Waals surface area contributed by atoms with Crippen LogP contribution < -0.4 is 0 Å². The molecule has 3 N–H and O–H groups in total. The molecule has 7 nitrogen and oxygen atoms in total. The molecule has 0 radical (unpaired) electrons. The number of carbonyl (C=O) groups is 1. The summed E-state index contributed by atoms with van der Waals surface area (Å²) in [4.78, 5) is 11.2. The van der Waals surface area contributed by atoms with Gasteiger partial charge in [-0.2, -0.15) is 18.3 Å². The third-order valence-corrected chi connectivity index (χ3v) is 6.48. The van der Waals surface area contributed by atoms with Gasteiger partial charge in [0.05, 0.1) is 24.9 Å². The maximum Gasteiger partial charge on any atom is 0.490 e. The number of aliphatic carboxylic acids is 1. The Morgan fingerprint density at radius 1 is 1.25 bits per heavy atom. The van der Waals surface area contributed by atoms with Crippen LogP contribution in [-0.4, -0.2) is 70.8 Å². The summed E-state index contributed by atoms with van der Waals surface area (Å²) in [6, 6.07) is 10.3. The minimum atomic E-state index is -5.08. The SMILES string of the molecule is CN1CCC(COC(CO)c2cc(Cl)cc3cn[nH]c23)(c2ccc(F)cc2)CC1.O=C(O)C(F)(F)F. The molecule has 1 fully saturated rings. The number of nitrogens with one attached hydrogen (secondary N) is 1. The van der Waals surface area contributed by atoms with Gasteiger partial charge in [-0.05, 0) is 62.8 Å². The summed E-state index contributed by atoms with van der Waals surface area (Å²) in [5.74, 6) is -3.00. The largest absolute Gasteiger partial charge is 0.490 e. The van der Waals surface area contributed by atoms with Crippen LogP contribution in [0.3, 0.4) is 0 Å². The van der Waals surface area contributed by atoms with Gasteiger partial charge < -0.3 is 19.8 Å². The Morgan fingerprint density at radius 3 is 2.42 bits per heavy atom. The van der Waals surface area contributed by atoms with Crippen molar-refractivity contribution in [3.05, 3.63) is 64.6 Å². The van der Waals surface area contributed by atoms with Crippen molar-refractivity contribution in [3.8, 4) is 0 Å². The molecule has 36 heavy (non-hydrogen) atoms. The summed E-state index contributed by atoms with van der Waals surface area (Å²) >= 11 is 6.26. The lowest BCUT2D eigenvalue weighted by molar-refractivity contribution is -0.192. The molecule has 0 amide bonds. The van der Waals surface area contributed by atoms with Gasteiger partial charge in [0.15, 0.2) is 0 Å². The molecule has 1 aromatic heterocycles. The molecule has 2 aromatic carbocycles. The smallest absolute Gasteiger partial charge is 0.475 e. The molecule has 1 saturated heterocycles. The van der Waals surface area contributed by atoms with Crippen molar-refractivity contribution in [2.75, 3.05) is 33.4 Å². The second-order valence-electron chi connectivity index (χ2n) is 8.70. The molecule has 1 aliphatic heterocycles. The molecule has 0 aliphatic carbocycles. The highest BCUT2D eigenvalue weighted by Gasteiger charge is 2.38. The normalized spacial score (nSPS) is 16.9. The third-order valence-electron chi connectivity index (χ3n) is 6.26. The van der Waals surface area contributed by atoms with Crippen molar-refractivity contribution in [3.63, 3.8) is 0 Å². The van der Waals surface area contributed by atoms with Gasteiger partial charge in [-0.1, -0.05) is 23.7 Å². The Morgan fingerprint density at radius 2 is 1.86 bits per heavy atom. The van der Waals surface area contributed by atoms with Gasteiger partial charge in [0.1, 0.15) is 11.9 Å². The average molecular weight is 532 g/mol. The monoisotopic (exact) mass is 531 g/mol. The number of aliphatic hydroxyl groups is 1. The zero-order chi connectivity index (χ0) is 26.5. The number of carboxylic acids is 1. The number of alkyl halides is 3. The van der Waals surface area contributed by atoms with Gasteiger partial charge in [0.2, 0.25) is 0 Å². The first-order valence-electron chi connectivity index (χ1n) is 11.0. The van der Waals surface area contributed by atoms with E-state index in [0.717, 1.165) is 48.0 Å². The van der Waals surface area contributed by atoms with Crippen LogP contribution in [0.4, 0.5) is 17.6 Å². The Bertz CT molecular complexity index is 1160. The molecule has 1 atom stereocenters. The van der Waals surface area contributed by atoms with Crippen molar-refractivity contribution in [2.45, 2.75) is 30.5 Å². The van der Waals surface area contributed by atoms with E-state index in [1.165, 1.54) is 12.1 Å². The lowest BCUT2D eigenvalue weighted by atomic mass is 9.73. The zero-order valence-electron chi connectivity index (χ0n) is 19.4. The number of likely N-dealkylation sites (tertiary alicyclic amines) is 1. The van der Waals surface area contributed by atoms with Crippen LogP contribution in [0.1, 0.15) is 30.1 Å². The highest BCUT2D eigenvalue weighted by Crippen LogP contribution is 2.38. The fourth-order valence-electron chi connectivity index (χ4n) is 4.17. The Labute approximate surface area is 209 Å². The molecule has 0 spiro atoms. The molecule has 1 unspecified atom stereocenters. The van der Waals surface area contributed by atoms with Crippen LogP contribution in [0.2, 0.25) is 5.02 Å². The summed E-state index contributed by atoms with van der Waals surface area (Å²) in [5.41, 5.74) is 2.45. The average Bonchev–Trinajstić information content (AvgIpc) is 3.29. The maximum atomic E-state index is 13.5. The molecular weight excluding hydrogens is 506 g/mol. The zero-order valence-corrected chi connectivity index (χ0v) is 20.1. The number of nitrogens with zero attached hydrogens (tertiary/aromatic N) is 2. The highest BCUT2D eigenvalue weighted by atomic mass is 35.5. The van der Waals surface area contributed by atoms with Crippen LogP contribution in [-0.2, 0) is 14.9 Å². The number of hydrogen-bond donors (Lipinski definition) is 3. The third kappa shape index (κ3) is 6.73. The number of aromatic nitrogens is 2. The first kappa shape index (κ1) is 27.9. The van der Waals surface area contributed by atoms with Gasteiger partial charge in [-0.25, -0.2) is 9.18 Å². The molecule has 4 rings (SSSR count). The van der Waals surface area contributed by atoms with E-state index in [0.29, 0.717) is 11.6 Å². The van der Waals surface area contributed by atoms with Crippen molar-refractivity contribution >= 4 is 28.5 Å². The number of fused-ring (bicyclic) bond motifs is 1. The van der Waals surface area contributed by atoms with Crippen LogP contribution in [0.5, 0.6) is 0 Å². The van der Waals surface area contributed by atoms with E-state index in [9.17, 15) is 22.7 Å². The molecule has 2 heterocycles. The van der Waals surface area contributed by atoms with E-state index in [2.05, 4.69) is 22.1 Å². The van der Waals surface area contributed by atoms with E-state index in [-0.39, 0.29) is 17.8 Å². The van der Waals surface area contributed by atoms with E-state index >= 15 is 0 Å². The molecule has 196 valence electrons. The molecule has 3 aromatic rings. The van der Waals surface area contributed by atoms with Crippen LogP contribution in [0.15, 0.2) is 42.6 Å². The number of piperidine rings is 1. The standard InChI is InChI=1S/C22H25ClFN3O2.C2HF3O2/c1-27-8-6-22(7-9-27,16-2-4-18(24)5-3-16)14-29-20(13-28)19-11-17(23)10-15-12-25-26-21(15)19;3-2(4,5)1(6)7/h2-5,10-12,20,28H,6-9,13-14H2,1H3,(H,25,26);(H,6,7).